The summed E-state index contributed by atoms with van der Waals surface area (Å²) in [5.74, 6) is -0.101. The van der Waals surface area contributed by atoms with E-state index >= 15 is 0 Å². The number of benzene rings is 1. The van der Waals surface area contributed by atoms with Crippen LogP contribution in [0.4, 0.5) is 0 Å². The van der Waals surface area contributed by atoms with E-state index in [1.54, 1.807) is 12.1 Å². The minimum absolute atomic E-state index is 0.0127. The first-order valence-electron chi connectivity index (χ1n) is 7.09. The van der Waals surface area contributed by atoms with Crippen LogP contribution in [0.25, 0.3) is 0 Å². The number of sulfonamides is 1. The van der Waals surface area contributed by atoms with Crippen molar-refractivity contribution in [2.45, 2.75) is 37.5 Å². The number of nitrogens with zero attached hydrogens (tertiary/aromatic N) is 1. The smallest absolute Gasteiger partial charge is 0.243 e. The van der Waals surface area contributed by atoms with Gasteiger partial charge >= 0.3 is 0 Å². The summed E-state index contributed by atoms with van der Waals surface area (Å²) in [5.41, 5.74) is 1.08. The van der Waals surface area contributed by atoms with Crippen molar-refractivity contribution in [1.82, 2.24) is 9.62 Å². The van der Waals surface area contributed by atoms with E-state index in [1.807, 2.05) is 12.1 Å². The van der Waals surface area contributed by atoms with Crippen molar-refractivity contribution in [3.63, 3.8) is 0 Å². The van der Waals surface area contributed by atoms with Crippen LogP contribution in [0.5, 0.6) is 0 Å². The molecule has 1 fully saturated rings. The fourth-order valence-electron chi connectivity index (χ4n) is 2.26. The highest BCUT2D eigenvalue weighted by molar-refractivity contribution is 7.89. The molecule has 1 amide bonds. The molecule has 1 N–H and O–H groups in total. The van der Waals surface area contributed by atoms with Gasteiger partial charge in [-0.1, -0.05) is 32.9 Å². The highest BCUT2D eigenvalue weighted by atomic mass is 32.2. The standard InChI is InChI=1S/C15H22N2O3S/c1-15(2,3)12-4-6-13(7-5-12)21(19,20)17-10-8-14(18)16-9-11-17/h4-7H,8-11H2,1-3H3,(H,16,18). The topological polar surface area (TPSA) is 66.5 Å². The van der Waals surface area contributed by atoms with E-state index < -0.39 is 10.0 Å². The van der Waals surface area contributed by atoms with Gasteiger partial charge in [-0.2, -0.15) is 4.31 Å². The lowest BCUT2D eigenvalue weighted by Crippen LogP contribution is -2.34. The summed E-state index contributed by atoms with van der Waals surface area (Å²) < 4.78 is 26.6. The largest absolute Gasteiger partial charge is 0.355 e. The van der Waals surface area contributed by atoms with Crippen LogP contribution in [-0.2, 0) is 20.2 Å². The molecule has 116 valence electrons. The molecule has 1 aliphatic heterocycles. The summed E-state index contributed by atoms with van der Waals surface area (Å²) in [6, 6.07) is 7.01. The number of rotatable bonds is 2. The van der Waals surface area contributed by atoms with E-state index in [4.69, 9.17) is 0 Å². The van der Waals surface area contributed by atoms with Gasteiger partial charge in [-0.15, -0.1) is 0 Å². The fraction of sp³-hybridized carbons (Fsp3) is 0.533. The molecule has 0 aliphatic carbocycles. The average molecular weight is 310 g/mol. The van der Waals surface area contributed by atoms with Gasteiger partial charge in [0.15, 0.2) is 0 Å². The zero-order valence-corrected chi connectivity index (χ0v) is 13.5. The molecule has 0 aromatic heterocycles. The lowest BCUT2D eigenvalue weighted by Gasteiger charge is -2.21. The third kappa shape index (κ3) is 3.63. The van der Waals surface area contributed by atoms with Crippen molar-refractivity contribution in [2.75, 3.05) is 19.6 Å². The zero-order chi connectivity index (χ0) is 15.7. The van der Waals surface area contributed by atoms with Crippen LogP contribution in [-0.4, -0.2) is 38.3 Å². The quantitative estimate of drug-likeness (QED) is 0.900. The van der Waals surface area contributed by atoms with Crippen molar-refractivity contribution < 1.29 is 13.2 Å². The summed E-state index contributed by atoms with van der Waals surface area (Å²) in [7, 11) is -3.53. The van der Waals surface area contributed by atoms with Crippen LogP contribution in [0.15, 0.2) is 29.2 Å². The van der Waals surface area contributed by atoms with Gasteiger partial charge in [-0.25, -0.2) is 8.42 Å². The average Bonchev–Trinajstić information content (AvgIpc) is 2.63. The Kier molecular flexibility index (Phi) is 4.39. The van der Waals surface area contributed by atoms with Gasteiger partial charge in [0.2, 0.25) is 15.9 Å². The Bertz CT molecular complexity index is 615. The predicted molar refractivity (Wildman–Crippen MR) is 81.5 cm³/mol. The molecule has 1 aliphatic rings. The van der Waals surface area contributed by atoms with Crippen molar-refractivity contribution >= 4 is 15.9 Å². The number of hydrogen-bond acceptors (Lipinski definition) is 3. The Morgan fingerprint density at radius 2 is 1.71 bits per heavy atom. The van der Waals surface area contributed by atoms with Crippen LogP contribution in [0.3, 0.4) is 0 Å². The van der Waals surface area contributed by atoms with Crippen LogP contribution in [0.2, 0.25) is 0 Å². The van der Waals surface area contributed by atoms with Crippen LogP contribution >= 0.6 is 0 Å². The molecule has 21 heavy (non-hydrogen) atoms. The van der Waals surface area contributed by atoms with Crippen molar-refractivity contribution in [3.8, 4) is 0 Å². The second-order valence-corrected chi connectivity index (χ2v) is 8.22. The molecule has 1 aromatic rings. The summed E-state index contributed by atoms with van der Waals surface area (Å²) in [6.45, 7) is 7.16. The molecule has 0 saturated carbocycles. The van der Waals surface area contributed by atoms with E-state index in [0.717, 1.165) is 5.56 Å². The normalized spacial score (nSPS) is 18.1. The molecule has 0 unspecified atom stereocenters. The van der Waals surface area contributed by atoms with Gasteiger partial charge in [-0.3, -0.25) is 4.79 Å². The molecular formula is C15H22N2O3S. The molecule has 1 heterocycles. The molecule has 6 heteroatoms. The third-order valence-corrected chi connectivity index (χ3v) is 5.54. The Balaban J connectivity index is 2.25. The van der Waals surface area contributed by atoms with Crippen molar-refractivity contribution in [3.05, 3.63) is 29.8 Å². The summed E-state index contributed by atoms with van der Waals surface area (Å²) in [6.07, 6.45) is 0.208. The molecule has 0 spiro atoms. The monoisotopic (exact) mass is 310 g/mol. The molecule has 2 rings (SSSR count). The van der Waals surface area contributed by atoms with Gasteiger partial charge < -0.3 is 5.32 Å². The van der Waals surface area contributed by atoms with Crippen molar-refractivity contribution in [2.24, 2.45) is 0 Å². The first-order valence-corrected chi connectivity index (χ1v) is 8.53. The van der Waals surface area contributed by atoms with Crippen LogP contribution < -0.4 is 5.32 Å². The number of nitrogens with one attached hydrogen (secondary N) is 1. The number of carbonyl (C=O) groups is 1. The lowest BCUT2D eigenvalue weighted by molar-refractivity contribution is -0.120. The first-order chi connectivity index (χ1) is 9.71. The molecular weight excluding hydrogens is 288 g/mol. The van der Waals surface area contributed by atoms with E-state index in [-0.39, 0.29) is 29.2 Å². The molecule has 0 radical (unpaired) electrons. The Labute approximate surface area is 126 Å². The van der Waals surface area contributed by atoms with Crippen LogP contribution in [0, 0.1) is 0 Å². The molecule has 0 atom stereocenters. The van der Waals surface area contributed by atoms with Gasteiger partial charge in [0.25, 0.3) is 0 Å². The number of carbonyl (C=O) groups excluding carboxylic acids is 1. The molecule has 5 nitrogen and oxygen atoms in total. The molecule has 0 bridgehead atoms. The number of amides is 1. The minimum atomic E-state index is -3.53. The van der Waals surface area contributed by atoms with Crippen LogP contribution in [0.1, 0.15) is 32.8 Å². The van der Waals surface area contributed by atoms with E-state index in [9.17, 15) is 13.2 Å². The van der Waals surface area contributed by atoms with E-state index in [2.05, 4.69) is 26.1 Å². The molecule has 1 aromatic carbocycles. The second kappa shape index (κ2) is 5.77. The van der Waals surface area contributed by atoms with Gasteiger partial charge in [-0.05, 0) is 23.1 Å². The highest BCUT2D eigenvalue weighted by Crippen LogP contribution is 2.24. The molecule has 1 saturated heterocycles. The summed E-state index contributed by atoms with van der Waals surface area (Å²) in [4.78, 5) is 11.6. The Morgan fingerprint density at radius 3 is 2.29 bits per heavy atom. The third-order valence-electron chi connectivity index (χ3n) is 3.63. The van der Waals surface area contributed by atoms with Gasteiger partial charge in [0, 0.05) is 26.1 Å². The maximum absolute atomic E-state index is 12.6. The van der Waals surface area contributed by atoms with Gasteiger partial charge in [0.05, 0.1) is 4.90 Å². The zero-order valence-electron chi connectivity index (χ0n) is 12.7. The second-order valence-electron chi connectivity index (χ2n) is 6.28. The Morgan fingerprint density at radius 1 is 1.10 bits per heavy atom. The first kappa shape index (κ1) is 16.0. The Hall–Kier alpha value is -1.40. The predicted octanol–water partition coefficient (Wildman–Crippen LogP) is 1.49. The van der Waals surface area contributed by atoms with E-state index in [1.165, 1.54) is 4.31 Å². The van der Waals surface area contributed by atoms with Gasteiger partial charge in [0.1, 0.15) is 0 Å². The maximum Gasteiger partial charge on any atom is 0.243 e. The van der Waals surface area contributed by atoms with E-state index in [0.29, 0.717) is 13.1 Å². The maximum atomic E-state index is 12.6. The van der Waals surface area contributed by atoms with Crippen molar-refractivity contribution in [1.29, 1.82) is 0 Å². The summed E-state index contributed by atoms with van der Waals surface area (Å²) >= 11 is 0. The lowest BCUT2D eigenvalue weighted by atomic mass is 9.87. The number of hydrogen-bond donors (Lipinski definition) is 1. The SMILES string of the molecule is CC(C)(C)c1ccc(S(=O)(=O)N2CCNC(=O)CC2)cc1. The fourth-order valence-corrected chi connectivity index (χ4v) is 3.70. The minimum Gasteiger partial charge on any atom is -0.355 e. The summed E-state index contributed by atoms with van der Waals surface area (Å²) in [5, 5.41) is 2.68. The highest BCUT2D eigenvalue weighted by Gasteiger charge is 2.27.